The van der Waals surface area contributed by atoms with Crippen LogP contribution in [0, 0.1) is 29.1 Å². The summed E-state index contributed by atoms with van der Waals surface area (Å²) in [5.74, 6) is -0.0908. The number of benzene rings is 2. The average Bonchev–Trinajstić information content (AvgIpc) is 3.32. The molecule has 4 heteroatoms. The van der Waals surface area contributed by atoms with Gasteiger partial charge in [0, 0.05) is 6.54 Å². The Morgan fingerprint density at radius 3 is 2.29 bits per heavy atom. The molecule has 1 saturated heterocycles. The minimum atomic E-state index is -0.643. The lowest BCUT2D eigenvalue weighted by Crippen LogP contribution is -2.48. The lowest BCUT2D eigenvalue weighted by Gasteiger charge is -2.45. The van der Waals surface area contributed by atoms with Gasteiger partial charge in [-0.3, -0.25) is 9.69 Å². The number of esters is 1. The van der Waals surface area contributed by atoms with Crippen molar-refractivity contribution in [1.29, 1.82) is 5.26 Å². The number of nitrogens with zero attached hydrogens (tertiary/aromatic N) is 2. The quantitative estimate of drug-likeness (QED) is 0.625. The van der Waals surface area contributed by atoms with Crippen molar-refractivity contribution in [2.24, 2.45) is 17.8 Å². The molecule has 2 fully saturated rings. The van der Waals surface area contributed by atoms with Gasteiger partial charge in [-0.1, -0.05) is 67.1 Å². The highest BCUT2D eigenvalue weighted by Crippen LogP contribution is 2.52. The Morgan fingerprint density at radius 1 is 1.03 bits per heavy atom. The van der Waals surface area contributed by atoms with Gasteiger partial charge in [0.15, 0.2) is 0 Å². The van der Waals surface area contributed by atoms with Crippen LogP contribution in [0.4, 0.5) is 0 Å². The lowest BCUT2D eigenvalue weighted by atomic mass is 9.58. The van der Waals surface area contributed by atoms with E-state index in [1.54, 1.807) is 0 Å². The van der Waals surface area contributed by atoms with Crippen LogP contribution in [-0.4, -0.2) is 31.1 Å². The van der Waals surface area contributed by atoms with Crippen molar-refractivity contribution in [2.45, 2.75) is 44.1 Å². The van der Waals surface area contributed by atoms with E-state index in [2.05, 4.69) is 53.4 Å². The molecule has 0 radical (unpaired) electrons. The van der Waals surface area contributed by atoms with Crippen molar-refractivity contribution < 1.29 is 9.53 Å². The zero-order valence-corrected chi connectivity index (χ0v) is 18.4. The first-order valence-corrected chi connectivity index (χ1v) is 11.5. The largest absolute Gasteiger partial charge is 0.469 e. The monoisotopic (exact) mass is 416 g/mol. The minimum Gasteiger partial charge on any atom is -0.469 e. The van der Waals surface area contributed by atoms with Crippen LogP contribution in [0.25, 0.3) is 0 Å². The molecule has 162 valence electrons. The lowest BCUT2D eigenvalue weighted by molar-refractivity contribution is -0.147. The molecule has 2 aliphatic rings. The molecule has 4 rings (SSSR count). The third kappa shape index (κ3) is 4.25. The topological polar surface area (TPSA) is 53.3 Å². The highest BCUT2D eigenvalue weighted by molar-refractivity contribution is 5.73. The first kappa shape index (κ1) is 21.6. The number of carbonyl (C=O) groups excluding carboxylic acids is 1. The first-order chi connectivity index (χ1) is 15.2. The summed E-state index contributed by atoms with van der Waals surface area (Å²) in [6.07, 6.45) is 4.65. The van der Waals surface area contributed by atoms with E-state index in [0.717, 1.165) is 57.3 Å². The summed E-state index contributed by atoms with van der Waals surface area (Å²) in [4.78, 5) is 15.1. The highest BCUT2D eigenvalue weighted by Gasteiger charge is 2.53. The van der Waals surface area contributed by atoms with Gasteiger partial charge in [-0.2, -0.15) is 5.26 Å². The molecule has 3 atom stereocenters. The molecule has 0 aromatic heterocycles. The third-order valence-electron chi connectivity index (χ3n) is 7.52. The molecule has 0 N–H and O–H groups in total. The van der Waals surface area contributed by atoms with Crippen LogP contribution in [-0.2, 0) is 21.5 Å². The molecule has 3 unspecified atom stereocenters. The van der Waals surface area contributed by atoms with E-state index < -0.39 is 5.41 Å². The smallest absolute Gasteiger partial charge is 0.309 e. The molecule has 1 saturated carbocycles. The van der Waals surface area contributed by atoms with Crippen LogP contribution in [0.5, 0.6) is 0 Å². The Balaban J connectivity index is 1.60. The van der Waals surface area contributed by atoms with Crippen molar-refractivity contribution in [3.8, 4) is 6.07 Å². The van der Waals surface area contributed by atoms with Gasteiger partial charge < -0.3 is 4.74 Å². The molecule has 31 heavy (non-hydrogen) atoms. The fraction of sp³-hybridized carbons (Fsp3) is 0.481. The number of likely N-dealkylation sites (tertiary alicyclic amines) is 1. The highest BCUT2D eigenvalue weighted by atomic mass is 16.5. The molecule has 0 spiro atoms. The van der Waals surface area contributed by atoms with Gasteiger partial charge in [-0.15, -0.1) is 0 Å². The van der Waals surface area contributed by atoms with E-state index in [1.165, 1.54) is 12.7 Å². The minimum absolute atomic E-state index is 0.0121. The van der Waals surface area contributed by atoms with Gasteiger partial charge in [0.2, 0.25) is 0 Å². The van der Waals surface area contributed by atoms with Gasteiger partial charge in [-0.25, -0.2) is 0 Å². The predicted octanol–water partition coefficient (Wildman–Crippen LogP) is 4.95. The Hall–Kier alpha value is -2.64. The van der Waals surface area contributed by atoms with Crippen molar-refractivity contribution in [3.63, 3.8) is 0 Å². The summed E-state index contributed by atoms with van der Waals surface area (Å²) in [5.41, 5.74) is 1.76. The summed E-state index contributed by atoms with van der Waals surface area (Å²) in [6.45, 7) is 2.91. The predicted molar refractivity (Wildman–Crippen MR) is 121 cm³/mol. The second kappa shape index (κ2) is 9.66. The molecular formula is C27H32N2O2. The van der Waals surface area contributed by atoms with E-state index in [9.17, 15) is 10.1 Å². The molecule has 1 aliphatic heterocycles. The Bertz CT molecular complexity index is 900. The van der Waals surface area contributed by atoms with Gasteiger partial charge in [0.25, 0.3) is 0 Å². The maximum Gasteiger partial charge on any atom is 0.309 e. The maximum absolute atomic E-state index is 12.6. The van der Waals surface area contributed by atoms with Crippen LogP contribution >= 0.6 is 0 Å². The number of hydrogen-bond acceptors (Lipinski definition) is 4. The fourth-order valence-corrected chi connectivity index (χ4v) is 6.03. The van der Waals surface area contributed by atoms with E-state index in [4.69, 9.17) is 4.74 Å². The zero-order valence-electron chi connectivity index (χ0n) is 18.4. The van der Waals surface area contributed by atoms with E-state index in [-0.39, 0.29) is 23.7 Å². The molecule has 1 aliphatic carbocycles. The van der Waals surface area contributed by atoms with E-state index >= 15 is 0 Å². The molecule has 4 nitrogen and oxygen atoms in total. The first-order valence-electron chi connectivity index (χ1n) is 11.5. The fourth-order valence-electron chi connectivity index (χ4n) is 6.03. The van der Waals surface area contributed by atoms with Crippen LogP contribution in [0.2, 0.25) is 0 Å². The maximum atomic E-state index is 12.6. The summed E-state index contributed by atoms with van der Waals surface area (Å²) < 4.78 is 5.15. The number of hydrogen-bond donors (Lipinski definition) is 0. The van der Waals surface area contributed by atoms with Crippen molar-refractivity contribution in [1.82, 2.24) is 4.90 Å². The molecular weight excluding hydrogens is 384 g/mol. The van der Waals surface area contributed by atoms with Crippen molar-refractivity contribution >= 4 is 5.97 Å². The molecule has 2 aromatic rings. The van der Waals surface area contributed by atoms with E-state index in [0.29, 0.717) is 0 Å². The van der Waals surface area contributed by atoms with Crippen LogP contribution in [0.15, 0.2) is 60.7 Å². The number of piperidine rings is 1. The number of nitriles is 1. The van der Waals surface area contributed by atoms with E-state index in [1.807, 2.05) is 18.2 Å². The Labute approximate surface area is 185 Å². The van der Waals surface area contributed by atoms with Crippen LogP contribution < -0.4 is 0 Å². The van der Waals surface area contributed by atoms with Crippen LogP contribution in [0.1, 0.15) is 43.2 Å². The number of carbonyl (C=O) groups is 1. The summed E-state index contributed by atoms with van der Waals surface area (Å²) in [5, 5.41) is 10.7. The van der Waals surface area contributed by atoms with Crippen LogP contribution in [0.3, 0.4) is 0 Å². The van der Waals surface area contributed by atoms with Gasteiger partial charge in [0.1, 0.15) is 0 Å². The molecule has 2 aromatic carbocycles. The summed E-state index contributed by atoms with van der Waals surface area (Å²) in [6, 6.07) is 23.6. The van der Waals surface area contributed by atoms with Crippen molar-refractivity contribution in [2.75, 3.05) is 20.2 Å². The summed E-state index contributed by atoms with van der Waals surface area (Å²) in [7, 11) is 1.47. The zero-order chi connectivity index (χ0) is 21.7. The van der Waals surface area contributed by atoms with Gasteiger partial charge in [-0.05, 0) is 61.7 Å². The molecule has 0 amide bonds. The van der Waals surface area contributed by atoms with Gasteiger partial charge in [0.05, 0.1) is 24.5 Å². The Kier molecular flexibility index (Phi) is 6.73. The molecule has 0 bridgehead atoms. The normalized spacial score (nSPS) is 24.3. The second-order valence-electron chi connectivity index (χ2n) is 9.05. The molecule has 1 heterocycles. The standard InChI is InChI=1S/C27H32N2O2/c1-31-26(30)24-13-8-14-25(24)27(20-28,22-11-6-3-7-12-22)23-15-17-29(18-16-23)19-21-9-4-2-5-10-21/h2-7,9-12,23-25H,8,13-19H2,1H3. The average molecular weight is 417 g/mol. The third-order valence-corrected chi connectivity index (χ3v) is 7.52. The summed E-state index contributed by atoms with van der Waals surface area (Å²) >= 11 is 0. The van der Waals surface area contributed by atoms with Gasteiger partial charge >= 0.3 is 5.97 Å². The number of ether oxygens (including phenoxy) is 1. The number of rotatable bonds is 6. The van der Waals surface area contributed by atoms with Crippen molar-refractivity contribution in [3.05, 3.63) is 71.8 Å². The second-order valence-corrected chi connectivity index (χ2v) is 9.05. The Morgan fingerprint density at radius 2 is 1.68 bits per heavy atom. The number of methoxy groups -OCH3 is 1. The SMILES string of the molecule is COC(=O)C1CCCC1C(C#N)(c1ccccc1)C1CCN(Cc2ccccc2)CC1.